The van der Waals surface area contributed by atoms with Crippen LogP contribution in [0.5, 0.6) is 0 Å². The fourth-order valence-corrected chi connectivity index (χ4v) is 3.46. The van der Waals surface area contributed by atoms with Crippen molar-refractivity contribution in [3.63, 3.8) is 0 Å². The summed E-state index contributed by atoms with van der Waals surface area (Å²) in [6.07, 6.45) is 6.95. The smallest absolute Gasteiger partial charge is 0.267 e. The quantitative estimate of drug-likeness (QED) is 0.802. The summed E-state index contributed by atoms with van der Waals surface area (Å²) in [6.45, 7) is 0. The Balaban J connectivity index is 1.47. The molecule has 21 heavy (non-hydrogen) atoms. The Hall–Kier alpha value is -2.14. The van der Waals surface area contributed by atoms with Gasteiger partial charge in [0.25, 0.3) is 5.91 Å². The molecule has 0 unspecified atom stereocenters. The van der Waals surface area contributed by atoms with Gasteiger partial charge in [0.05, 0.1) is 0 Å². The van der Waals surface area contributed by atoms with E-state index in [1.54, 1.807) is 12.4 Å². The van der Waals surface area contributed by atoms with Crippen molar-refractivity contribution < 1.29 is 4.79 Å². The van der Waals surface area contributed by atoms with E-state index in [0.29, 0.717) is 17.8 Å². The predicted octanol–water partition coefficient (Wildman–Crippen LogP) is 1.70. The van der Waals surface area contributed by atoms with Gasteiger partial charge in [0, 0.05) is 41.8 Å². The summed E-state index contributed by atoms with van der Waals surface area (Å²) in [5, 5.41) is 6.68. The van der Waals surface area contributed by atoms with Crippen LogP contribution in [-0.4, -0.2) is 34.0 Å². The second-order valence-corrected chi connectivity index (χ2v) is 5.88. The minimum atomic E-state index is -0.0188. The van der Waals surface area contributed by atoms with E-state index in [2.05, 4.69) is 20.6 Å². The maximum Gasteiger partial charge on any atom is 0.267 e. The second-order valence-electron chi connectivity index (χ2n) is 5.88. The third kappa shape index (κ3) is 2.34. The molecule has 2 bridgehead atoms. The van der Waals surface area contributed by atoms with Crippen molar-refractivity contribution in [2.24, 2.45) is 0 Å². The highest BCUT2D eigenvalue weighted by Crippen LogP contribution is 2.28. The first-order valence-corrected chi connectivity index (χ1v) is 7.46. The third-order valence-corrected chi connectivity index (χ3v) is 4.54. The Kier molecular flexibility index (Phi) is 3.00. The normalized spacial score (nSPS) is 27.0. The van der Waals surface area contributed by atoms with Crippen LogP contribution in [0.1, 0.15) is 29.8 Å². The van der Waals surface area contributed by atoms with Crippen molar-refractivity contribution in [3.8, 4) is 11.3 Å². The van der Waals surface area contributed by atoms with Gasteiger partial charge in [0.2, 0.25) is 0 Å². The van der Waals surface area contributed by atoms with E-state index in [1.807, 2.05) is 24.3 Å². The molecule has 1 amide bonds. The van der Waals surface area contributed by atoms with E-state index in [9.17, 15) is 4.79 Å². The Morgan fingerprint density at radius 3 is 2.76 bits per heavy atom. The predicted molar refractivity (Wildman–Crippen MR) is 79.8 cm³/mol. The number of nitrogens with one attached hydrogen (secondary N) is 3. The van der Waals surface area contributed by atoms with Gasteiger partial charge in [-0.05, 0) is 43.5 Å². The van der Waals surface area contributed by atoms with Crippen LogP contribution < -0.4 is 10.6 Å². The zero-order chi connectivity index (χ0) is 14.2. The number of fused-ring (bicyclic) bond motifs is 2. The molecule has 2 fully saturated rings. The van der Waals surface area contributed by atoms with E-state index in [4.69, 9.17) is 0 Å². The van der Waals surface area contributed by atoms with Gasteiger partial charge in [0.1, 0.15) is 5.69 Å². The first kappa shape index (κ1) is 12.6. The lowest BCUT2D eigenvalue weighted by atomic mass is 9.95. The van der Waals surface area contributed by atoms with E-state index < -0.39 is 0 Å². The highest BCUT2D eigenvalue weighted by Gasteiger charge is 2.39. The number of amides is 1. The Morgan fingerprint density at radius 2 is 2.05 bits per heavy atom. The summed E-state index contributed by atoms with van der Waals surface area (Å²) in [6, 6.07) is 8.93. The van der Waals surface area contributed by atoms with Crippen molar-refractivity contribution in [1.29, 1.82) is 0 Å². The van der Waals surface area contributed by atoms with Gasteiger partial charge in [-0.15, -0.1) is 0 Å². The number of hydrogen-bond acceptors (Lipinski definition) is 3. The fraction of sp³-hybridized carbons (Fsp3) is 0.375. The molecule has 0 radical (unpaired) electrons. The zero-order valence-corrected chi connectivity index (χ0v) is 11.7. The molecular weight excluding hydrogens is 264 g/mol. The number of aromatic nitrogens is 2. The van der Waals surface area contributed by atoms with Gasteiger partial charge < -0.3 is 15.6 Å². The molecule has 0 aromatic carbocycles. The molecule has 2 aliphatic rings. The first-order chi connectivity index (χ1) is 10.3. The Bertz CT molecular complexity index is 651. The maximum atomic E-state index is 12.3. The third-order valence-electron chi connectivity index (χ3n) is 4.54. The number of H-pyrrole nitrogens is 1. The number of pyridine rings is 1. The molecule has 2 saturated heterocycles. The van der Waals surface area contributed by atoms with Gasteiger partial charge in [0.15, 0.2) is 0 Å². The number of nitrogens with zero attached hydrogens (tertiary/aromatic N) is 1. The molecular formula is C16H18N4O. The fourth-order valence-electron chi connectivity index (χ4n) is 3.46. The van der Waals surface area contributed by atoms with Gasteiger partial charge in [-0.1, -0.05) is 0 Å². The van der Waals surface area contributed by atoms with Crippen LogP contribution in [0.2, 0.25) is 0 Å². The molecule has 2 aromatic rings. The number of rotatable bonds is 3. The minimum Gasteiger partial charge on any atom is -0.351 e. The molecule has 2 aliphatic heterocycles. The highest BCUT2D eigenvalue weighted by molar-refractivity contribution is 5.93. The van der Waals surface area contributed by atoms with Crippen LogP contribution in [0.25, 0.3) is 11.3 Å². The monoisotopic (exact) mass is 282 g/mol. The topological polar surface area (TPSA) is 69.8 Å². The molecule has 4 rings (SSSR count). The molecule has 0 saturated carbocycles. The lowest BCUT2D eigenvalue weighted by Gasteiger charge is -2.21. The molecule has 3 atom stereocenters. The number of hydrogen-bond donors (Lipinski definition) is 3. The number of carbonyl (C=O) groups is 1. The van der Waals surface area contributed by atoms with Crippen LogP contribution in [0, 0.1) is 0 Å². The van der Waals surface area contributed by atoms with E-state index >= 15 is 0 Å². The van der Waals surface area contributed by atoms with Crippen LogP contribution in [-0.2, 0) is 0 Å². The second kappa shape index (κ2) is 5.00. The number of carbonyl (C=O) groups excluding carboxylic acids is 1. The number of aromatic amines is 1. The van der Waals surface area contributed by atoms with E-state index in [-0.39, 0.29) is 11.9 Å². The summed E-state index contributed by atoms with van der Waals surface area (Å²) >= 11 is 0. The average molecular weight is 282 g/mol. The van der Waals surface area contributed by atoms with Gasteiger partial charge in [-0.3, -0.25) is 9.78 Å². The summed E-state index contributed by atoms with van der Waals surface area (Å²) in [7, 11) is 0. The van der Waals surface area contributed by atoms with Crippen molar-refractivity contribution >= 4 is 5.91 Å². The molecule has 5 heteroatoms. The molecule has 108 valence electrons. The molecule has 0 spiro atoms. The molecule has 4 heterocycles. The van der Waals surface area contributed by atoms with E-state index in [0.717, 1.165) is 17.7 Å². The largest absolute Gasteiger partial charge is 0.351 e. The Labute approximate surface area is 123 Å². The van der Waals surface area contributed by atoms with Crippen LogP contribution >= 0.6 is 0 Å². The zero-order valence-electron chi connectivity index (χ0n) is 11.7. The lowest BCUT2D eigenvalue weighted by Crippen LogP contribution is -2.43. The molecule has 5 nitrogen and oxygen atoms in total. The van der Waals surface area contributed by atoms with Crippen LogP contribution in [0.3, 0.4) is 0 Å². The van der Waals surface area contributed by atoms with Crippen molar-refractivity contribution in [2.75, 3.05) is 0 Å². The van der Waals surface area contributed by atoms with Gasteiger partial charge in [-0.2, -0.15) is 0 Å². The van der Waals surface area contributed by atoms with E-state index in [1.165, 1.54) is 12.8 Å². The Morgan fingerprint density at radius 1 is 1.19 bits per heavy atom. The first-order valence-electron chi connectivity index (χ1n) is 7.46. The lowest BCUT2D eigenvalue weighted by molar-refractivity contribution is 0.0926. The highest BCUT2D eigenvalue weighted by atomic mass is 16.2. The van der Waals surface area contributed by atoms with Crippen molar-refractivity contribution in [3.05, 3.63) is 42.4 Å². The summed E-state index contributed by atoms with van der Waals surface area (Å²) in [5.74, 6) is -0.0188. The summed E-state index contributed by atoms with van der Waals surface area (Å²) in [5.41, 5.74) is 2.59. The van der Waals surface area contributed by atoms with Gasteiger partial charge in [-0.25, -0.2) is 0 Å². The standard InChI is InChI=1S/C16H18N4O/c21-16(20-15-9-11-1-2-13(15)18-11)14-4-3-12(19-14)10-5-7-17-8-6-10/h3-8,11,13,15,18-19H,1-2,9H2,(H,20,21)/t11-,13+,15-/m1/s1. The minimum absolute atomic E-state index is 0.0188. The summed E-state index contributed by atoms with van der Waals surface area (Å²) < 4.78 is 0. The van der Waals surface area contributed by atoms with Gasteiger partial charge >= 0.3 is 0 Å². The maximum absolute atomic E-state index is 12.3. The molecule has 3 N–H and O–H groups in total. The summed E-state index contributed by atoms with van der Waals surface area (Å²) in [4.78, 5) is 19.5. The average Bonchev–Trinajstić information content (AvgIpc) is 3.24. The SMILES string of the molecule is O=C(N[C@@H]1C[C@H]2CC[C@@H]1N2)c1ccc(-c2ccncc2)[nH]1. The van der Waals surface area contributed by atoms with Crippen molar-refractivity contribution in [1.82, 2.24) is 20.6 Å². The molecule has 2 aromatic heterocycles. The van der Waals surface area contributed by atoms with Crippen molar-refractivity contribution in [2.45, 2.75) is 37.4 Å². The van der Waals surface area contributed by atoms with Crippen LogP contribution in [0.4, 0.5) is 0 Å². The molecule has 0 aliphatic carbocycles. The van der Waals surface area contributed by atoms with Crippen LogP contribution in [0.15, 0.2) is 36.7 Å².